The van der Waals surface area contributed by atoms with Gasteiger partial charge in [0.1, 0.15) is 0 Å². The molecule has 1 aromatic rings. The van der Waals surface area contributed by atoms with Gasteiger partial charge in [-0.3, -0.25) is 0 Å². The quantitative estimate of drug-likeness (QED) is 0.815. The van der Waals surface area contributed by atoms with Crippen molar-refractivity contribution in [2.75, 3.05) is 6.26 Å². The summed E-state index contributed by atoms with van der Waals surface area (Å²) in [5.41, 5.74) is 2.33. The highest BCUT2D eigenvalue weighted by atomic mass is 32.2. The fourth-order valence-electron chi connectivity index (χ4n) is 3.67. The van der Waals surface area contributed by atoms with Crippen molar-refractivity contribution in [2.24, 2.45) is 0 Å². The van der Waals surface area contributed by atoms with Crippen molar-refractivity contribution in [2.45, 2.75) is 61.9 Å². The van der Waals surface area contributed by atoms with E-state index in [4.69, 9.17) is 0 Å². The molecule has 2 N–H and O–H groups in total. The number of sulfonamides is 2. The van der Waals surface area contributed by atoms with Gasteiger partial charge in [-0.25, -0.2) is 26.3 Å². The Labute approximate surface area is 144 Å². The minimum Gasteiger partial charge on any atom is -0.213 e. The van der Waals surface area contributed by atoms with E-state index >= 15 is 0 Å². The van der Waals surface area contributed by atoms with E-state index in [-0.39, 0.29) is 4.90 Å². The first-order valence-electron chi connectivity index (χ1n) is 8.36. The molecule has 0 aromatic heterocycles. The van der Waals surface area contributed by atoms with Crippen molar-refractivity contribution in [1.82, 2.24) is 9.44 Å². The van der Waals surface area contributed by atoms with Crippen LogP contribution in [0.1, 0.15) is 43.2 Å². The van der Waals surface area contributed by atoms with Crippen molar-refractivity contribution < 1.29 is 16.8 Å². The topological polar surface area (TPSA) is 92.3 Å². The molecule has 0 heterocycles. The molecular weight excluding hydrogens is 348 g/mol. The maximum atomic E-state index is 12.7. The average molecular weight is 373 g/mol. The molecular formula is C16H24N2O4S2. The summed E-state index contributed by atoms with van der Waals surface area (Å²) in [5.74, 6) is 0. The molecule has 0 bridgehead atoms. The summed E-state index contributed by atoms with van der Waals surface area (Å²) in [6.07, 6.45) is 7.15. The summed E-state index contributed by atoms with van der Waals surface area (Å²) in [7, 11) is -7.02. The minimum atomic E-state index is -3.65. The molecule has 0 amide bonds. The molecule has 6 nitrogen and oxygen atoms in total. The number of nitrogens with one attached hydrogen (secondary N) is 2. The molecule has 2 aliphatic rings. The summed E-state index contributed by atoms with van der Waals surface area (Å²) in [6.45, 7) is 0. The van der Waals surface area contributed by atoms with Crippen LogP contribution in [0.25, 0.3) is 0 Å². The van der Waals surface area contributed by atoms with E-state index in [0.717, 1.165) is 43.9 Å². The first-order valence-corrected chi connectivity index (χ1v) is 11.7. The van der Waals surface area contributed by atoms with Crippen LogP contribution in [0.4, 0.5) is 0 Å². The van der Waals surface area contributed by atoms with Gasteiger partial charge in [0.05, 0.1) is 11.2 Å². The minimum absolute atomic E-state index is 0.270. The summed E-state index contributed by atoms with van der Waals surface area (Å²) < 4.78 is 53.8. The zero-order chi connectivity index (χ0) is 17.4. The van der Waals surface area contributed by atoms with Crippen LogP contribution in [0.2, 0.25) is 0 Å². The summed E-state index contributed by atoms with van der Waals surface area (Å²) in [6, 6.07) is 4.50. The van der Waals surface area contributed by atoms with Crippen molar-refractivity contribution >= 4 is 20.0 Å². The predicted molar refractivity (Wildman–Crippen MR) is 92.8 cm³/mol. The highest BCUT2D eigenvalue weighted by molar-refractivity contribution is 7.89. The van der Waals surface area contributed by atoms with Gasteiger partial charge in [-0.05, 0) is 55.4 Å². The first-order chi connectivity index (χ1) is 11.2. The smallest absolute Gasteiger partial charge is 0.213 e. The van der Waals surface area contributed by atoms with E-state index in [1.165, 1.54) is 5.56 Å². The second kappa shape index (κ2) is 6.74. The SMILES string of the molecule is CS(=O)(=O)N[C@H]1CCCC[C@@H]1NS(=O)(=O)c1ccc2c(c1)CCC2. The maximum Gasteiger partial charge on any atom is 0.240 e. The van der Waals surface area contributed by atoms with Crippen LogP contribution in [0.3, 0.4) is 0 Å². The number of hydrogen-bond donors (Lipinski definition) is 2. The standard InChI is InChI=1S/C16H24N2O4S2/c1-23(19,20)17-15-7-2-3-8-16(15)18-24(21,22)14-10-9-12-5-4-6-13(12)11-14/h9-11,15-18H,2-8H2,1H3/t15-,16-/m0/s1. The lowest BCUT2D eigenvalue weighted by Crippen LogP contribution is -2.52. The molecule has 134 valence electrons. The molecule has 1 aromatic carbocycles. The van der Waals surface area contributed by atoms with E-state index in [9.17, 15) is 16.8 Å². The van der Waals surface area contributed by atoms with Crippen LogP contribution in [0, 0.1) is 0 Å². The zero-order valence-corrected chi connectivity index (χ0v) is 15.4. The lowest BCUT2D eigenvalue weighted by molar-refractivity contribution is 0.340. The van der Waals surface area contributed by atoms with Gasteiger partial charge >= 0.3 is 0 Å². The van der Waals surface area contributed by atoms with Gasteiger partial charge in [0, 0.05) is 12.1 Å². The second-order valence-electron chi connectivity index (χ2n) is 6.79. The van der Waals surface area contributed by atoms with E-state index in [1.54, 1.807) is 12.1 Å². The Morgan fingerprint density at radius 2 is 1.50 bits per heavy atom. The van der Waals surface area contributed by atoms with Crippen LogP contribution in [0.15, 0.2) is 23.1 Å². The Morgan fingerprint density at radius 1 is 0.875 bits per heavy atom. The van der Waals surface area contributed by atoms with Crippen LogP contribution >= 0.6 is 0 Å². The van der Waals surface area contributed by atoms with Gasteiger partial charge in [-0.2, -0.15) is 0 Å². The Kier molecular flexibility index (Phi) is 5.01. The molecule has 3 rings (SSSR count). The molecule has 8 heteroatoms. The normalized spacial score (nSPS) is 24.7. The van der Waals surface area contributed by atoms with Crippen LogP contribution < -0.4 is 9.44 Å². The lowest BCUT2D eigenvalue weighted by atomic mass is 9.92. The zero-order valence-electron chi connectivity index (χ0n) is 13.8. The van der Waals surface area contributed by atoms with Crippen LogP contribution in [-0.4, -0.2) is 35.2 Å². The van der Waals surface area contributed by atoms with Gasteiger partial charge in [0.2, 0.25) is 20.0 Å². The van der Waals surface area contributed by atoms with Crippen molar-refractivity contribution in [3.05, 3.63) is 29.3 Å². The average Bonchev–Trinajstić information content (AvgIpc) is 2.95. The highest BCUT2D eigenvalue weighted by Gasteiger charge is 2.31. The Morgan fingerprint density at radius 3 is 2.17 bits per heavy atom. The molecule has 1 fully saturated rings. The Bertz CT molecular complexity index is 818. The number of hydrogen-bond acceptors (Lipinski definition) is 4. The molecule has 0 aliphatic heterocycles. The Hall–Kier alpha value is -0.960. The number of fused-ring (bicyclic) bond motifs is 1. The third-order valence-electron chi connectivity index (χ3n) is 4.82. The molecule has 24 heavy (non-hydrogen) atoms. The molecule has 0 saturated heterocycles. The fraction of sp³-hybridized carbons (Fsp3) is 0.625. The lowest BCUT2D eigenvalue weighted by Gasteiger charge is -2.32. The van der Waals surface area contributed by atoms with E-state index in [1.807, 2.05) is 6.07 Å². The fourth-order valence-corrected chi connectivity index (χ4v) is 5.86. The van der Waals surface area contributed by atoms with Gasteiger partial charge < -0.3 is 0 Å². The van der Waals surface area contributed by atoms with E-state index in [2.05, 4.69) is 9.44 Å². The molecule has 0 radical (unpaired) electrons. The second-order valence-corrected chi connectivity index (χ2v) is 10.3. The first kappa shape index (κ1) is 17.8. The van der Waals surface area contributed by atoms with Crippen molar-refractivity contribution in [3.63, 3.8) is 0 Å². The van der Waals surface area contributed by atoms with Gasteiger partial charge in [-0.1, -0.05) is 18.9 Å². The number of aryl methyl sites for hydroxylation is 2. The largest absolute Gasteiger partial charge is 0.240 e. The van der Waals surface area contributed by atoms with Crippen molar-refractivity contribution in [3.8, 4) is 0 Å². The van der Waals surface area contributed by atoms with Crippen LogP contribution in [0.5, 0.6) is 0 Å². The van der Waals surface area contributed by atoms with Gasteiger partial charge in [0.15, 0.2) is 0 Å². The monoisotopic (exact) mass is 372 g/mol. The molecule has 2 atom stereocenters. The van der Waals surface area contributed by atoms with E-state index in [0.29, 0.717) is 12.8 Å². The molecule has 2 aliphatic carbocycles. The molecule has 0 unspecified atom stereocenters. The third-order valence-corrected chi connectivity index (χ3v) is 7.04. The summed E-state index contributed by atoms with van der Waals surface area (Å²) >= 11 is 0. The highest BCUT2D eigenvalue weighted by Crippen LogP contribution is 2.26. The van der Waals surface area contributed by atoms with Gasteiger partial charge in [0.25, 0.3) is 0 Å². The molecule has 0 spiro atoms. The maximum absolute atomic E-state index is 12.7. The third kappa shape index (κ3) is 4.17. The van der Waals surface area contributed by atoms with Crippen molar-refractivity contribution in [1.29, 1.82) is 0 Å². The van der Waals surface area contributed by atoms with Gasteiger partial charge in [-0.15, -0.1) is 0 Å². The molecule has 1 saturated carbocycles. The number of rotatable bonds is 5. The van der Waals surface area contributed by atoms with E-state index < -0.39 is 32.1 Å². The summed E-state index contributed by atoms with van der Waals surface area (Å²) in [4.78, 5) is 0.270. The number of benzene rings is 1. The predicted octanol–water partition coefficient (Wildman–Crippen LogP) is 1.31. The summed E-state index contributed by atoms with van der Waals surface area (Å²) in [5, 5.41) is 0. The Balaban J connectivity index is 1.79. The van der Waals surface area contributed by atoms with Crippen LogP contribution in [-0.2, 0) is 32.9 Å².